The molecule has 0 saturated heterocycles. The number of carbonyl (C=O) groups excluding carboxylic acids is 2. The molecule has 168 valence electrons. The zero-order valence-electron chi connectivity index (χ0n) is 18.7. The fraction of sp³-hybridized carbons (Fsp3) is 0.308. The second kappa shape index (κ2) is 11.7. The van der Waals surface area contributed by atoms with Crippen molar-refractivity contribution in [2.45, 2.75) is 32.9 Å². The highest BCUT2D eigenvalue weighted by Crippen LogP contribution is 2.16. The molecule has 1 heterocycles. The monoisotopic (exact) mass is 495 g/mol. The molecule has 0 saturated carbocycles. The first-order valence-corrected chi connectivity index (χ1v) is 11.7. The van der Waals surface area contributed by atoms with E-state index in [1.54, 1.807) is 17.0 Å². The quantitative estimate of drug-likeness (QED) is 0.385. The van der Waals surface area contributed by atoms with Gasteiger partial charge in [0, 0.05) is 42.1 Å². The van der Waals surface area contributed by atoms with Crippen LogP contribution in [0.1, 0.15) is 41.4 Å². The van der Waals surface area contributed by atoms with Gasteiger partial charge in [-0.05, 0) is 42.3 Å². The number of benzene rings is 2. The van der Waals surface area contributed by atoms with Crippen LogP contribution in [0.4, 0.5) is 0 Å². The van der Waals surface area contributed by atoms with Crippen LogP contribution in [0, 0.1) is 0 Å². The van der Waals surface area contributed by atoms with Crippen molar-refractivity contribution in [2.75, 3.05) is 13.1 Å². The number of hydrogen-bond donors (Lipinski definition) is 0. The van der Waals surface area contributed by atoms with Gasteiger partial charge in [0.05, 0.1) is 6.54 Å². The fourth-order valence-corrected chi connectivity index (χ4v) is 3.96. The van der Waals surface area contributed by atoms with Gasteiger partial charge in [-0.25, -0.2) is 0 Å². The van der Waals surface area contributed by atoms with Crippen LogP contribution in [0.25, 0.3) is 0 Å². The summed E-state index contributed by atoms with van der Waals surface area (Å²) in [5.74, 6) is -0.180. The molecule has 0 unspecified atom stereocenters. The average Bonchev–Trinajstić information content (AvgIpc) is 3.20. The van der Waals surface area contributed by atoms with Crippen molar-refractivity contribution >= 4 is 27.7 Å². The molecular weight excluding hydrogens is 466 g/mol. The maximum atomic E-state index is 13.5. The lowest BCUT2D eigenvalue weighted by Gasteiger charge is -2.28. The predicted octanol–water partition coefficient (Wildman–Crippen LogP) is 5.26. The summed E-state index contributed by atoms with van der Waals surface area (Å²) in [6.45, 7) is 3.68. The first-order chi connectivity index (χ1) is 15.5. The minimum Gasteiger partial charge on any atom is -0.353 e. The Bertz CT molecular complexity index is 1030. The van der Waals surface area contributed by atoms with E-state index in [4.69, 9.17) is 0 Å². The molecule has 3 aromatic rings. The van der Waals surface area contributed by atoms with Crippen LogP contribution in [0.5, 0.6) is 0 Å². The number of carbonyl (C=O) groups is 2. The molecule has 6 heteroatoms. The van der Waals surface area contributed by atoms with Crippen LogP contribution < -0.4 is 0 Å². The number of rotatable bonds is 10. The fourth-order valence-electron chi connectivity index (χ4n) is 3.56. The van der Waals surface area contributed by atoms with Crippen molar-refractivity contribution in [3.05, 3.63) is 94.2 Å². The van der Waals surface area contributed by atoms with Crippen molar-refractivity contribution in [2.24, 2.45) is 7.05 Å². The Labute approximate surface area is 198 Å². The van der Waals surface area contributed by atoms with Crippen molar-refractivity contribution in [1.82, 2.24) is 14.4 Å². The van der Waals surface area contributed by atoms with E-state index in [0.717, 1.165) is 28.6 Å². The molecule has 0 bridgehead atoms. The standard InChI is InChI=1S/C26H30BrN3O2/c1-3-4-16-29(26(32)22-12-8-13-23(27)17-22)20-25(31)30(18-21-10-6-5-7-11-21)19-24-14-9-15-28(24)2/h5-15,17H,3-4,16,18-20H2,1-2H3. The SMILES string of the molecule is CCCCN(CC(=O)N(Cc1ccccc1)Cc1cccn1C)C(=O)c1cccc(Br)c1. The van der Waals surface area contributed by atoms with Crippen LogP contribution in [-0.4, -0.2) is 39.3 Å². The van der Waals surface area contributed by atoms with E-state index in [0.29, 0.717) is 25.2 Å². The van der Waals surface area contributed by atoms with E-state index in [1.807, 2.05) is 77.3 Å². The Morgan fingerprint density at radius 1 is 0.938 bits per heavy atom. The van der Waals surface area contributed by atoms with E-state index < -0.39 is 0 Å². The lowest BCUT2D eigenvalue weighted by atomic mass is 10.1. The minimum atomic E-state index is -0.119. The molecule has 2 aromatic carbocycles. The Morgan fingerprint density at radius 2 is 1.72 bits per heavy atom. The van der Waals surface area contributed by atoms with Crippen LogP contribution in [0.2, 0.25) is 0 Å². The van der Waals surface area contributed by atoms with Gasteiger partial charge in [0.15, 0.2) is 0 Å². The van der Waals surface area contributed by atoms with Gasteiger partial charge in [-0.2, -0.15) is 0 Å². The van der Waals surface area contributed by atoms with Crippen LogP contribution in [0.3, 0.4) is 0 Å². The summed E-state index contributed by atoms with van der Waals surface area (Å²) >= 11 is 3.44. The van der Waals surface area contributed by atoms with Gasteiger partial charge >= 0.3 is 0 Å². The molecule has 0 radical (unpaired) electrons. The largest absolute Gasteiger partial charge is 0.353 e. The smallest absolute Gasteiger partial charge is 0.254 e. The van der Waals surface area contributed by atoms with E-state index in [9.17, 15) is 9.59 Å². The van der Waals surface area contributed by atoms with Crippen molar-refractivity contribution in [3.63, 3.8) is 0 Å². The second-order valence-corrected chi connectivity index (χ2v) is 8.85. The molecule has 0 aliphatic heterocycles. The third-order valence-corrected chi connectivity index (χ3v) is 5.93. The van der Waals surface area contributed by atoms with Gasteiger partial charge < -0.3 is 14.4 Å². The molecule has 0 fully saturated rings. The average molecular weight is 496 g/mol. The van der Waals surface area contributed by atoms with Gasteiger partial charge in [0.25, 0.3) is 5.91 Å². The van der Waals surface area contributed by atoms with Crippen LogP contribution >= 0.6 is 15.9 Å². The number of aryl methyl sites for hydroxylation is 1. The lowest BCUT2D eigenvalue weighted by molar-refractivity contribution is -0.133. The summed E-state index contributed by atoms with van der Waals surface area (Å²) < 4.78 is 2.87. The van der Waals surface area contributed by atoms with Gasteiger partial charge in [-0.1, -0.05) is 65.7 Å². The second-order valence-electron chi connectivity index (χ2n) is 7.94. The maximum Gasteiger partial charge on any atom is 0.254 e. The summed E-state index contributed by atoms with van der Waals surface area (Å²) in [5.41, 5.74) is 2.70. The van der Waals surface area contributed by atoms with Crippen molar-refractivity contribution in [3.8, 4) is 0 Å². The molecule has 0 atom stereocenters. The topological polar surface area (TPSA) is 45.6 Å². The van der Waals surface area contributed by atoms with E-state index in [1.165, 1.54) is 0 Å². The molecule has 0 N–H and O–H groups in total. The highest BCUT2D eigenvalue weighted by Gasteiger charge is 2.23. The Balaban J connectivity index is 1.81. The Kier molecular flexibility index (Phi) is 8.68. The number of aromatic nitrogens is 1. The number of halogens is 1. The Morgan fingerprint density at radius 3 is 2.38 bits per heavy atom. The molecule has 0 aliphatic rings. The zero-order chi connectivity index (χ0) is 22.9. The molecule has 0 aliphatic carbocycles. The molecule has 1 aromatic heterocycles. The third kappa shape index (κ3) is 6.57. The summed E-state index contributed by atoms with van der Waals surface area (Å²) in [6.07, 6.45) is 3.78. The summed E-state index contributed by atoms with van der Waals surface area (Å²) in [7, 11) is 1.98. The summed E-state index contributed by atoms with van der Waals surface area (Å²) in [6, 6.07) is 21.3. The number of nitrogens with zero attached hydrogens (tertiary/aromatic N) is 3. The Hall–Kier alpha value is -2.86. The van der Waals surface area contributed by atoms with Crippen molar-refractivity contribution in [1.29, 1.82) is 0 Å². The first-order valence-electron chi connectivity index (χ1n) is 10.9. The minimum absolute atomic E-state index is 0.0581. The highest BCUT2D eigenvalue weighted by molar-refractivity contribution is 9.10. The maximum absolute atomic E-state index is 13.5. The van der Waals surface area contributed by atoms with E-state index in [2.05, 4.69) is 22.9 Å². The molecule has 32 heavy (non-hydrogen) atoms. The number of unbranched alkanes of at least 4 members (excludes halogenated alkanes) is 1. The lowest BCUT2D eigenvalue weighted by Crippen LogP contribution is -2.43. The number of amides is 2. The highest BCUT2D eigenvalue weighted by atomic mass is 79.9. The van der Waals surface area contributed by atoms with Gasteiger partial charge in [-0.3, -0.25) is 9.59 Å². The zero-order valence-corrected chi connectivity index (χ0v) is 20.3. The molecule has 5 nitrogen and oxygen atoms in total. The predicted molar refractivity (Wildman–Crippen MR) is 131 cm³/mol. The normalized spacial score (nSPS) is 10.7. The summed E-state index contributed by atoms with van der Waals surface area (Å²) in [5, 5.41) is 0. The molecular formula is C26H30BrN3O2. The first kappa shape index (κ1) is 23.8. The van der Waals surface area contributed by atoms with Gasteiger partial charge in [0.1, 0.15) is 6.54 Å². The van der Waals surface area contributed by atoms with Gasteiger partial charge in [0.2, 0.25) is 5.91 Å². The summed E-state index contributed by atoms with van der Waals surface area (Å²) in [4.78, 5) is 30.2. The number of hydrogen-bond acceptors (Lipinski definition) is 2. The van der Waals surface area contributed by atoms with E-state index in [-0.39, 0.29) is 18.4 Å². The van der Waals surface area contributed by atoms with E-state index >= 15 is 0 Å². The van der Waals surface area contributed by atoms with Crippen molar-refractivity contribution < 1.29 is 9.59 Å². The van der Waals surface area contributed by atoms with Crippen LogP contribution in [0.15, 0.2) is 77.4 Å². The molecule has 3 rings (SSSR count). The third-order valence-electron chi connectivity index (χ3n) is 5.44. The van der Waals surface area contributed by atoms with Crippen LogP contribution in [-0.2, 0) is 24.9 Å². The molecule has 2 amide bonds. The molecule has 0 spiro atoms. The van der Waals surface area contributed by atoms with Gasteiger partial charge in [-0.15, -0.1) is 0 Å².